The molecule has 0 aromatic heterocycles. The summed E-state index contributed by atoms with van der Waals surface area (Å²) in [5, 5.41) is 9.85. The van der Waals surface area contributed by atoms with Crippen LogP contribution in [0.15, 0.2) is 36.4 Å². The number of hydrogen-bond donors (Lipinski definition) is 1. The molecule has 5 atom stereocenters. The standard InChI is InChI=1S/C29H32F7N3O3/c1-15-9-22(30)5-6-23(15)25-24-14-38(26(41)17(3)40)13-18(24)7-8-39(25)27(42)37(4)16(2)19-10-20(28(31,32)33)12-21(11-19)29(34,35)36/h5-6,9-12,16-18,24-25,40H,7-8,13-14H2,1-4H3/t16?,17-,18?,24-,25?/m1/s1. The minimum absolute atomic E-state index is 0.0382. The molecular weight excluding hydrogens is 571 g/mol. The van der Waals surface area contributed by atoms with Crippen LogP contribution in [0.1, 0.15) is 60.2 Å². The van der Waals surface area contributed by atoms with E-state index in [0.29, 0.717) is 36.2 Å². The predicted molar refractivity (Wildman–Crippen MR) is 138 cm³/mol. The molecule has 2 aliphatic rings. The fourth-order valence-corrected chi connectivity index (χ4v) is 6.08. The number of aryl methyl sites for hydroxylation is 1. The fourth-order valence-electron chi connectivity index (χ4n) is 6.08. The van der Waals surface area contributed by atoms with E-state index in [1.165, 1.54) is 42.8 Å². The van der Waals surface area contributed by atoms with E-state index in [-0.39, 0.29) is 36.6 Å². The number of hydrogen-bond acceptors (Lipinski definition) is 3. The number of urea groups is 1. The highest BCUT2D eigenvalue weighted by molar-refractivity contribution is 5.80. The highest BCUT2D eigenvalue weighted by Gasteiger charge is 2.48. The summed E-state index contributed by atoms with van der Waals surface area (Å²) in [4.78, 5) is 30.7. The van der Waals surface area contributed by atoms with Crippen molar-refractivity contribution in [3.8, 4) is 0 Å². The van der Waals surface area contributed by atoms with Crippen molar-refractivity contribution in [2.24, 2.45) is 11.8 Å². The van der Waals surface area contributed by atoms with Crippen LogP contribution in [0, 0.1) is 24.6 Å². The van der Waals surface area contributed by atoms with Gasteiger partial charge in [-0.25, -0.2) is 9.18 Å². The molecule has 3 amide bonds. The van der Waals surface area contributed by atoms with Crippen LogP contribution in [0.2, 0.25) is 0 Å². The van der Waals surface area contributed by atoms with Crippen LogP contribution in [0.3, 0.4) is 0 Å². The van der Waals surface area contributed by atoms with Crippen molar-refractivity contribution < 1.29 is 45.4 Å². The molecule has 0 aliphatic carbocycles. The normalized spacial score (nSPS) is 22.5. The molecule has 4 rings (SSSR count). The molecule has 230 valence electrons. The summed E-state index contributed by atoms with van der Waals surface area (Å²) in [6, 6.07) is 2.87. The number of likely N-dealkylation sites (tertiary alicyclic amines) is 2. The monoisotopic (exact) mass is 603 g/mol. The number of aliphatic hydroxyl groups is 1. The number of alkyl halides is 6. The van der Waals surface area contributed by atoms with Gasteiger partial charge in [0.2, 0.25) is 0 Å². The van der Waals surface area contributed by atoms with Gasteiger partial charge in [0.05, 0.1) is 23.2 Å². The van der Waals surface area contributed by atoms with Crippen LogP contribution < -0.4 is 0 Å². The van der Waals surface area contributed by atoms with E-state index in [2.05, 4.69) is 0 Å². The minimum atomic E-state index is -5.04. The average Bonchev–Trinajstić information content (AvgIpc) is 3.34. The van der Waals surface area contributed by atoms with Gasteiger partial charge in [-0.05, 0) is 80.1 Å². The molecule has 0 bridgehead atoms. The lowest BCUT2D eigenvalue weighted by Gasteiger charge is -2.45. The summed E-state index contributed by atoms with van der Waals surface area (Å²) < 4.78 is 95.0. The Morgan fingerprint density at radius 1 is 0.976 bits per heavy atom. The van der Waals surface area contributed by atoms with E-state index in [1.807, 2.05) is 0 Å². The van der Waals surface area contributed by atoms with Crippen molar-refractivity contribution in [2.75, 3.05) is 26.7 Å². The SMILES string of the molecule is Cc1cc(F)ccc1C1[C@@H]2CN(C(=O)[C@@H](C)O)CC2CCN1C(=O)N(C)C(C)c1cc(C(F)(F)F)cc(C(F)(F)F)c1. The quantitative estimate of drug-likeness (QED) is 0.425. The van der Waals surface area contributed by atoms with Gasteiger partial charge in [0, 0.05) is 32.6 Å². The zero-order valence-corrected chi connectivity index (χ0v) is 23.4. The maximum Gasteiger partial charge on any atom is 0.416 e. The number of rotatable bonds is 4. The van der Waals surface area contributed by atoms with Gasteiger partial charge in [0.25, 0.3) is 5.91 Å². The Kier molecular flexibility index (Phi) is 8.56. The third kappa shape index (κ3) is 6.20. The van der Waals surface area contributed by atoms with E-state index in [0.717, 1.165) is 4.90 Å². The van der Waals surface area contributed by atoms with Crippen LogP contribution in [-0.4, -0.2) is 64.5 Å². The lowest BCUT2D eigenvalue weighted by molar-refractivity contribution is -0.143. The zero-order valence-electron chi connectivity index (χ0n) is 23.4. The van der Waals surface area contributed by atoms with Gasteiger partial charge in [-0.1, -0.05) is 6.07 Å². The Morgan fingerprint density at radius 3 is 2.10 bits per heavy atom. The topological polar surface area (TPSA) is 64.1 Å². The second kappa shape index (κ2) is 11.4. The number of carbonyl (C=O) groups excluding carboxylic acids is 2. The van der Waals surface area contributed by atoms with Crippen LogP contribution >= 0.6 is 0 Å². The predicted octanol–water partition coefficient (Wildman–Crippen LogP) is 6.19. The van der Waals surface area contributed by atoms with Gasteiger partial charge in [0.15, 0.2) is 0 Å². The Hall–Kier alpha value is -3.35. The van der Waals surface area contributed by atoms with Crippen LogP contribution in [0.5, 0.6) is 0 Å². The molecule has 2 aromatic rings. The molecule has 2 heterocycles. The Bertz CT molecular complexity index is 1310. The van der Waals surface area contributed by atoms with Crippen molar-refractivity contribution >= 4 is 11.9 Å². The molecule has 13 heteroatoms. The summed E-state index contributed by atoms with van der Waals surface area (Å²) in [5.74, 6) is -1.31. The van der Waals surface area contributed by atoms with Crippen molar-refractivity contribution in [1.29, 1.82) is 0 Å². The number of piperidine rings is 1. The molecule has 2 aliphatic heterocycles. The summed E-state index contributed by atoms with van der Waals surface area (Å²) >= 11 is 0. The second-order valence-electron chi connectivity index (χ2n) is 11.2. The van der Waals surface area contributed by atoms with Gasteiger partial charge in [-0.15, -0.1) is 0 Å². The fraction of sp³-hybridized carbons (Fsp3) is 0.517. The van der Waals surface area contributed by atoms with E-state index < -0.39 is 59.4 Å². The highest BCUT2D eigenvalue weighted by Crippen LogP contribution is 2.46. The molecule has 0 spiro atoms. The maximum absolute atomic E-state index is 14.0. The first-order valence-electron chi connectivity index (χ1n) is 13.5. The molecule has 0 saturated carbocycles. The van der Waals surface area contributed by atoms with Crippen molar-refractivity contribution in [2.45, 2.75) is 57.7 Å². The molecule has 2 saturated heterocycles. The Balaban J connectivity index is 1.71. The Morgan fingerprint density at radius 2 is 1.57 bits per heavy atom. The number of nitrogens with zero attached hydrogens (tertiary/aromatic N) is 3. The average molecular weight is 604 g/mol. The first-order valence-corrected chi connectivity index (χ1v) is 13.5. The minimum Gasteiger partial charge on any atom is -0.384 e. The molecule has 0 radical (unpaired) electrons. The van der Waals surface area contributed by atoms with Gasteiger partial charge in [0.1, 0.15) is 11.9 Å². The molecular formula is C29H32F7N3O3. The van der Waals surface area contributed by atoms with Gasteiger partial charge < -0.3 is 19.8 Å². The molecule has 2 aromatic carbocycles. The molecule has 2 fully saturated rings. The van der Waals surface area contributed by atoms with Gasteiger partial charge >= 0.3 is 18.4 Å². The first-order chi connectivity index (χ1) is 19.4. The van der Waals surface area contributed by atoms with E-state index in [9.17, 15) is 45.4 Å². The zero-order chi connectivity index (χ0) is 31.3. The van der Waals surface area contributed by atoms with Crippen molar-refractivity contribution in [3.05, 3.63) is 70.0 Å². The van der Waals surface area contributed by atoms with Crippen LogP contribution in [0.4, 0.5) is 35.5 Å². The molecule has 42 heavy (non-hydrogen) atoms. The summed E-state index contributed by atoms with van der Waals surface area (Å²) in [6.07, 6.45) is -10.8. The molecule has 6 nitrogen and oxygen atoms in total. The number of aliphatic hydroxyl groups excluding tert-OH is 1. The van der Waals surface area contributed by atoms with E-state index >= 15 is 0 Å². The third-order valence-corrected chi connectivity index (χ3v) is 8.41. The number of halogens is 7. The lowest BCUT2D eigenvalue weighted by Crippen LogP contribution is -2.51. The maximum atomic E-state index is 14.0. The van der Waals surface area contributed by atoms with Gasteiger partial charge in [-0.2, -0.15) is 26.3 Å². The second-order valence-corrected chi connectivity index (χ2v) is 11.2. The highest BCUT2D eigenvalue weighted by atomic mass is 19.4. The summed E-state index contributed by atoms with van der Waals surface area (Å²) in [5.41, 5.74) is -2.14. The van der Waals surface area contributed by atoms with Gasteiger partial charge in [-0.3, -0.25) is 4.79 Å². The third-order valence-electron chi connectivity index (χ3n) is 8.41. The number of amides is 3. The summed E-state index contributed by atoms with van der Waals surface area (Å²) in [6.45, 7) is 5.12. The van der Waals surface area contributed by atoms with E-state index in [1.54, 1.807) is 13.0 Å². The van der Waals surface area contributed by atoms with Crippen molar-refractivity contribution in [3.63, 3.8) is 0 Å². The smallest absolute Gasteiger partial charge is 0.384 e. The largest absolute Gasteiger partial charge is 0.416 e. The molecule has 3 unspecified atom stereocenters. The lowest BCUT2D eigenvalue weighted by atomic mass is 9.78. The Labute approximate surface area is 238 Å². The first kappa shape index (κ1) is 31.6. The van der Waals surface area contributed by atoms with Crippen LogP contribution in [0.25, 0.3) is 0 Å². The number of carbonyl (C=O) groups is 2. The number of benzene rings is 2. The molecule has 1 N–H and O–H groups in total. The number of fused-ring (bicyclic) bond motifs is 1. The van der Waals surface area contributed by atoms with E-state index in [4.69, 9.17) is 0 Å². The van der Waals surface area contributed by atoms with Crippen LogP contribution in [-0.2, 0) is 17.1 Å². The van der Waals surface area contributed by atoms with Crippen molar-refractivity contribution in [1.82, 2.24) is 14.7 Å². The summed E-state index contributed by atoms with van der Waals surface area (Å²) in [7, 11) is 1.30.